The maximum Gasteiger partial charge on any atom is 0.160 e. The normalized spacial score (nSPS) is 14.3. The van der Waals surface area contributed by atoms with Gasteiger partial charge in [-0.1, -0.05) is 12.1 Å². The first-order valence-electron chi connectivity index (χ1n) is 4.82. The Morgan fingerprint density at radius 3 is 2.62 bits per heavy atom. The number of carbonyl (C=O) groups excluding carboxylic acids is 1. The molecule has 0 amide bonds. The van der Waals surface area contributed by atoms with Crippen molar-refractivity contribution in [3.05, 3.63) is 34.4 Å². The molecule has 0 saturated heterocycles. The Labute approximate surface area is 78.8 Å². The van der Waals surface area contributed by atoms with E-state index >= 15 is 0 Å². The first kappa shape index (κ1) is 8.49. The molecule has 0 aliphatic heterocycles. The summed E-state index contributed by atoms with van der Waals surface area (Å²) < 4.78 is 0. The highest BCUT2D eigenvalue weighted by Gasteiger charge is 2.18. The third kappa shape index (κ3) is 1.28. The Hall–Kier alpha value is -1.11. The van der Waals surface area contributed by atoms with Crippen molar-refractivity contribution in [3.63, 3.8) is 0 Å². The van der Waals surface area contributed by atoms with Crippen LogP contribution < -0.4 is 0 Å². The van der Waals surface area contributed by atoms with E-state index < -0.39 is 0 Å². The number of carbonyl (C=O) groups is 1. The van der Waals surface area contributed by atoms with Gasteiger partial charge in [0, 0.05) is 5.56 Å². The predicted octanol–water partition coefficient (Wildman–Crippen LogP) is 2.69. The molecule has 0 unspecified atom stereocenters. The Bertz CT molecular complexity index is 364. The van der Waals surface area contributed by atoms with Gasteiger partial charge in [0.1, 0.15) is 0 Å². The van der Waals surface area contributed by atoms with Crippen LogP contribution in [-0.2, 0) is 12.8 Å². The number of Topliss-reactive ketones (excluding diaryl/α,β-unsaturated/α-hetero) is 1. The lowest BCUT2D eigenvalue weighted by molar-refractivity contribution is 0.101. The van der Waals surface area contributed by atoms with Crippen molar-refractivity contribution in [1.82, 2.24) is 0 Å². The highest BCUT2D eigenvalue weighted by atomic mass is 16.1. The van der Waals surface area contributed by atoms with Crippen molar-refractivity contribution in [1.29, 1.82) is 0 Å². The molecule has 0 heterocycles. The number of hydrogen-bond acceptors (Lipinski definition) is 1. The van der Waals surface area contributed by atoms with Crippen LogP contribution in [0.25, 0.3) is 0 Å². The van der Waals surface area contributed by atoms with Crippen LogP contribution in [0, 0.1) is 6.92 Å². The molecule has 1 heteroatoms. The van der Waals surface area contributed by atoms with Gasteiger partial charge in [-0.05, 0) is 49.8 Å². The molecule has 1 nitrogen and oxygen atoms in total. The second-order valence-electron chi connectivity index (χ2n) is 3.80. The molecule has 0 bridgehead atoms. The van der Waals surface area contributed by atoms with E-state index in [-0.39, 0.29) is 5.78 Å². The molecule has 0 aromatic heterocycles. The van der Waals surface area contributed by atoms with Gasteiger partial charge in [0.25, 0.3) is 0 Å². The van der Waals surface area contributed by atoms with Gasteiger partial charge in [-0.15, -0.1) is 0 Å². The van der Waals surface area contributed by atoms with Gasteiger partial charge in [0.05, 0.1) is 0 Å². The molecule has 0 N–H and O–H groups in total. The third-order valence-electron chi connectivity index (χ3n) is 2.90. The van der Waals surface area contributed by atoms with Crippen molar-refractivity contribution in [2.75, 3.05) is 0 Å². The summed E-state index contributed by atoms with van der Waals surface area (Å²) in [6, 6.07) is 4.04. The van der Waals surface area contributed by atoms with E-state index in [9.17, 15) is 4.79 Å². The van der Waals surface area contributed by atoms with E-state index in [0.29, 0.717) is 0 Å². The summed E-state index contributed by atoms with van der Waals surface area (Å²) in [4.78, 5) is 11.3. The van der Waals surface area contributed by atoms with Gasteiger partial charge in [0.2, 0.25) is 0 Å². The Balaban J connectivity index is 2.62. The molecule has 68 valence electrons. The maximum absolute atomic E-state index is 11.3. The summed E-state index contributed by atoms with van der Waals surface area (Å²) in [5.41, 5.74) is 5.02. The minimum atomic E-state index is 0.207. The van der Waals surface area contributed by atoms with Crippen LogP contribution in [0.2, 0.25) is 0 Å². The average Bonchev–Trinajstić information content (AvgIpc) is 2.53. The van der Waals surface area contributed by atoms with E-state index in [4.69, 9.17) is 0 Å². The van der Waals surface area contributed by atoms with Crippen LogP contribution in [0.15, 0.2) is 12.1 Å². The Morgan fingerprint density at radius 2 is 1.92 bits per heavy atom. The minimum Gasteiger partial charge on any atom is -0.295 e. The standard InChI is InChI=1S/C12H14O/c1-8-6-7-11(9(2)13)12-5-3-4-10(8)12/h6-7H,3-5H2,1-2H3. The molecule has 0 radical (unpaired) electrons. The molecule has 1 aromatic rings. The quantitative estimate of drug-likeness (QED) is 0.598. The Kier molecular flexibility index (Phi) is 1.95. The number of benzene rings is 1. The molecule has 0 spiro atoms. The molecule has 1 aromatic carbocycles. The molecular weight excluding hydrogens is 160 g/mol. The van der Waals surface area contributed by atoms with Gasteiger partial charge in [-0.25, -0.2) is 0 Å². The summed E-state index contributed by atoms with van der Waals surface area (Å²) in [6.07, 6.45) is 3.45. The predicted molar refractivity (Wildman–Crippen MR) is 53.2 cm³/mol. The van der Waals surface area contributed by atoms with E-state index in [1.165, 1.54) is 23.1 Å². The van der Waals surface area contributed by atoms with Crippen LogP contribution in [0.1, 0.15) is 40.4 Å². The fourth-order valence-electron chi connectivity index (χ4n) is 2.22. The van der Waals surface area contributed by atoms with E-state index in [0.717, 1.165) is 18.4 Å². The van der Waals surface area contributed by atoms with Gasteiger partial charge in [-0.3, -0.25) is 4.79 Å². The van der Waals surface area contributed by atoms with Crippen LogP contribution in [0.3, 0.4) is 0 Å². The first-order valence-corrected chi connectivity index (χ1v) is 4.82. The average molecular weight is 174 g/mol. The van der Waals surface area contributed by atoms with Crippen molar-refractivity contribution in [2.24, 2.45) is 0 Å². The lowest BCUT2D eigenvalue weighted by Gasteiger charge is -2.07. The van der Waals surface area contributed by atoms with E-state index in [2.05, 4.69) is 13.0 Å². The van der Waals surface area contributed by atoms with Gasteiger partial charge in [-0.2, -0.15) is 0 Å². The van der Waals surface area contributed by atoms with E-state index in [1.54, 1.807) is 6.92 Å². The van der Waals surface area contributed by atoms with Crippen LogP contribution in [0.4, 0.5) is 0 Å². The van der Waals surface area contributed by atoms with Crippen molar-refractivity contribution >= 4 is 5.78 Å². The maximum atomic E-state index is 11.3. The fraction of sp³-hybridized carbons (Fsp3) is 0.417. The summed E-state index contributed by atoms with van der Waals surface area (Å²) in [6.45, 7) is 3.79. The molecule has 2 rings (SSSR count). The second kappa shape index (κ2) is 2.99. The summed E-state index contributed by atoms with van der Waals surface area (Å²) in [7, 11) is 0. The lowest BCUT2D eigenvalue weighted by atomic mass is 9.97. The number of hydrogen-bond donors (Lipinski definition) is 0. The lowest BCUT2D eigenvalue weighted by Crippen LogP contribution is -2.00. The molecule has 0 fully saturated rings. The summed E-state index contributed by atoms with van der Waals surface area (Å²) in [5.74, 6) is 0.207. The third-order valence-corrected chi connectivity index (χ3v) is 2.90. The molecule has 13 heavy (non-hydrogen) atoms. The van der Waals surface area contributed by atoms with Crippen molar-refractivity contribution in [2.45, 2.75) is 33.1 Å². The van der Waals surface area contributed by atoms with Gasteiger partial charge >= 0.3 is 0 Å². The molecular formula is C12H14O. The van der Waals surface area contributed by atoms with Gasteiger partial charge in [0.15, 0.2) is 5.78 Å². The molecule has 1 aliphatic rings. The monoisotopic (exact) mass is 174 g/mol. The smallest absolute Gasteiger partial charge is 0.160 e. The van der Waals surface area contributed by atoms with Crippen LogP contribution in [-0.4, -0.2) is 5.78 Å². The zero-order valence-corrected chi connectivity index (χ0v) is 8.18. The topological polar surface area (TPSA) is 17.1 Å². The van der Waals surface area contributed by atoms with Gasteiger partial charge < -0.3 is 0 Å². The number of rotatable bonds is 1. The first-order chi connectivity index (χ1) is 6.20. The minimum absolute atomic E-state index is 0.207. The largest absolute Gasteiger partial charge is 0.295 e. The zero-order chi connectivity index (χ0) is 9.42. The molecule has 0 saturated carbocycles. The number of aryl methyl sites for hydroxylation is 1. The molecule has 0 atom stereocenters. The number of ketones is 1. The Morgan fingerprint density at radius 1 is 1.23 bits per heavy atom. The molecule has 1 aliphatic carbocycles. The number of fused-ring (bicyclic) bond motifs is 1. The van der Waals surface area contributed by atoms with E-state index in [1.807, 2.05) is 6.07 Å². The van der Waals surface area contributed by atoms with Crippen molar-refractivity contribution < 1.29 is 4.79 Å². The van der Waals surface area contributed by atoms with Crippen LogP contribution in [0.5, 0.6) is 0 Å². The SMILES string of the molecule is CC(=O)c1ccc(C)c2c1CCC2. The zero-order valence-electron chi connectivity index (χ0n) is 8.18. The second-order valence-corrected chi connectivity index (χ2v) is 3.80. The highest BCUT2D eigenvalue weighted by Crippen LogP contribution is 2.28. The van der Waals surface area contributed by atoms with Crippen molar-refractivity contribution in [3.8, 4) is 0 Å². The summed E-state index contributed by atoms with van der Waals surface area (Å²) in [5, 5.41) is 0. The van der Waals surface area contributed by atoms with Crippen LogP contribution >= 0.6 is 0 Å². The highest BCUT2D eigenvalue weighted by molar-refractivity contribution is 5.96. The summed E-state index contributed by atoms with van der Waals surface area (Å²) >= 11 is 0. The fourth-order valence-corrected chi connectivity index (χ4v) is 2.22.